The Balaban J connectivity index is 2.60. The van der Waals surface area contributed by atoms with Crippen LogP contribution in [-0.2, 0) is 9.53 Å². The normalized spacial score (nSPS) is 25.5. The van der Waals surface area contributed by atoms with E-state index in [9.17, 15) is 4.79 Å². The Morgan fingerprint density at radius 1 is 1.32 bits per heavy atom. The first kappa shape index (κ1) is 16.3. The second kappa shape index (κ2) is 9.17. The smallest absolute Gasteiger partial charge is 0.308 e. The van der Waals surface area contributed by atoms with E-state index in [1.807, 2.05) is 0 Å². The summed E-state index contributed by atoms with van der Waals surface area (Å²) in [5.41, 5.74) is 1.61. The zero-order chi connectivity index (χ0) is 14.1. The van der Waals surface area contributed by atoms with E-state index in [0.717, 1.165) is 19.3 Å². The monoisotopic (exact) mass is 266 g/mol. The maximum Gasteiger partial charge on any atom is 0.308 e. The summed E-state index contributed by atoms with van der Waals surface area (Å²) >= 11 is 0. The number of hydrogen-bond acceptors (Lipinski definition) is 2. The second-order valence-corrected chi connectivity index (χ2v) is 5.75. The quantitative estimate of drug-likeness (QED) is 0.373. The van der Waals surface area contributed by atoms with Gasteiger partial charge in [-0.2, -0.15) is 0 Å². The van der Waals surface area contributed by atoms with Gasteiger partial charge in [-0.15, -0.1) is 0 Å². The molecule has 1 rings (SSSR count). The highest BCUT2D eigenvalue weighted by atomic mass is 16.5. The van der Waals surface area contributed by atoms with E-state index in [2.05, 4.69) is 19.9 Å². The molecule has 2 atom stereocenters. The van der Waals surface area contributed by atoms with Crippen molar-refractivity contribution in [1.82, 2.24) is 0 Å². The Morgan fingerprint density at radius 2 is 2.05 bits per heavy atom. The lowest BCUT2D eigenvalue weighted by atomic mass is 9.75. The number of hydrogen-bond donors (Lipinski definition) is 0. The van der Waals surface area contributed by atoms with E-state index < -0.39 is 0 Å². The first-order valence-corrected chi connectivity index (χ1v) is 7.99. The number of unbranched alkanes of at least 4 members (excludes halogenated alkanes) is 3. The molecule has 0 spiro atoms. The topological polar surface area (TPSA) is 26.3 Å². The van der Waals surface area contributed by atoms with Crippen LogP contribution < -0.4 is 0 Å². The van der Waals surface area contributed by atoms with Gasteiger partial charge >= 0.3 is 5.97 Å². The van der Waals surface area contributed by atoms with Gasteiger partial charge in [0.2, 0.25) is 0 Å². The average molecular weight is 266 g/mol. The number of allylic oxidation sites excluding steroid dienone is 2. The van der Waals surface area contributed by atoms with Crippen molar-refractivity contribution in [3.8, 4) is 0 Å². The average Bonchev–Trinajstić information content (AvgIpc) is 2.45. The molecule has 1 unspecified atom stereocenters. The standard InChI is InChI=1S/C17H30O2/c1-4-6-8-10-14-11-12-16(17(18)19-3)13-15(14)9-7-5-2/h10,15-16H,4-9,11-13H2,1-3H3/b14-10-/t15?,16-/m1/s1. The van der Waals surface area contributed by atoms with Crippen molar-refractivity contribution >= 4 is 5.97 Å². The van der Waals surface area contributed by atoms with Gasteiger partial charge < -0.3 is 4.74 Å². The molecule has 1 saturated carbocycles. The van der Waals surface area contributed by atoms with Crippen molar-refractivity contribution < 1.29 is 9.53 Å². The molecular weight excluding hydrogens is 236 g/mol. The van der Waals surface area contributed by atoms with Crippen LogP contribution in [0.15, 0.2) is 11.6 Å². The van der Waals surface area contributed by atoms with E-state index in [1.165, 1.54) is 45.6 Å². The predicted molar refractivity (Wildman–Crippen MR) is 80.0 cm³/mol. The fourth-order valence-corrected chi connectivity index (χ4v) is 3.05. The number of carbonyl (C=O) groups excluding carboxylic acids is 1. The number of esters is 1. The van der Waals surface area contributed by atoms with Gasteiger partial charge in [0.1, 0.15) is 0 Å². The number of ether oxygens (including phenoxy) is 1. The fourth-order valence-electron chi connectivity index (χ4n) is 3.05. The molecule has 0 saturated heterocycles. The van der Waals surface area contributed by atoms with E-state index in [1.54, 1.807) is 5.57 Å². The highest BCUT2D eigenvalue weighted by Gasteiger charge is 2.30. The largest absolute Gasteiger partial charge is 0.469 e. The molecule has 0 aromatic carbocycles. The molecule has 0 aliphatic heterocycles. The SMILES string of the molecule is CCCC/C=C1/CC[C@@H](C(=O)OC)CC1CCCC. The van der Waals surface area contributed by atoms with Gasteiger partial charge in [-0.1, -0.05) is 51.2 Å². The third-order valence-corrected chi connectivity index (χ3v) is 4.28. The summed E-state index contributed by atoms with van der Waals surface area (Å²) < 4.78 is 4.92. The molecule has 2 heteroatoms. The van der Waals surface area contributed by atoms with Gasteiger partial charge in [-0.05, 0) is 38.0 Å². The summed E-state index contributed by atoms with van der Waals surface area (Å²) in [5, 5.41) is 0. The van der Waals surface area contributed by atoms with Crippen molar-refractivity contribution in [2.75, 3.05) is 7.11 Å². The predicted octanol–water partition coefficient (Wildman–Crippen LogP) is 4.88. The van der Waals surface area contributed by atoms with Crippen LogP contribution in [0, 0.1) is 11.8 Å². The van der Waals surface area contributed by atoms with E-state index in [4.69, 9.17) is 4.74 Å². The van der Waals surface area contributed by atoms with Crippen LogP contribution in [0.5, 0.6) is 0 Å². The van der Waals surface area contributed by atoms with E-state index in [-0.39, 0.29) is 11.9 Å². The third-order valence-electron chi connectivity index (χ3n) is 4.28. The number of methoxy groups -OCH3 is 1. The lowest BCUT2D eigenvalue weighted by Crippen LogP contribution is -2.25. The number of carbonyl (C=O) groups is 1. The summed E-state index contributed by atoms with van der Waals surface area (Å²) in [6.07, 6.45) is 13.0. The minimum Gasteiger partial charge on any atom is -0.469 e. The van der Waals surface area contributed by atoms with Gasteiger partial charge in [0.25, 0.3) is 0 Å². The summed E-state index contributed by atoms with van der Waals surface area (Å²) in [7, 11) is 1.51. The van der Waals surface area contributed by atoms with Crippen LogP contribution >= 0.6 is 0 Å². The molecule has 1 aliphatic rings. The van der Waals surface area contributed by atoms with Gasteiger partial charge in [-0.25, -0.2) is 0 Å². The molecule has 0 bridgehead atoms. The molecule has 110 valence electrons. The van der Waals surface area contributed by atoms with Crippen molar-refractivity contribution in [1.29, 1.82) is 0 Å². The molecule has 0 aromatic rings. The number of rotatable bonds is 7. The van der Waals surface area contributed by atoms with Crippen molar-refractivity contribution in [2.45, 2.75) is 71.6 Å². The fraction of sp³-hybridized carbons (Fsp3) is 0.824. The maximum absolute atomic E-state index is 11.7. The molecule has 0 aromatic heterocycles. The molecule has 0 amide bonds. The molecule has 2 nitrogen and oxygen atoms in total. The van der Waals surface area contributed by atoms with E-state index >= 15 is 0 Å². The lowest BCUT2D eigenvalue weighted by molar-refractivity contribution is -0.146. The van der Waals surface area contributed by atoms with Gasteiger partial charge in [-0.3, -0.25) is 4.79 Å². The first-order chi connectivity index (χ1) is 9.22. The Hall–Kier alpha value is -0.790. The van der Waals surface area contributed by atoms with Gasteiger partial charge in [0, 0.05) is 0 Å². The van der Waals surface area contributed by atoms with Crippen molar-refractivity contribution in [2.24, 2.45) is 11.8 Å². The van der Waals surface area contributed by atoms with Crippen molar-refractivity contribution in [3.63, 3.8) is 0 Å². The summed E-state index contributed by atoms with van der Waals surface area (Å²) in [4.78, 5) is 11.7. The van der Waals surface area contributed by atoms with E-state index in [0.29, 0.717) is 5.92 Å². The zero-order valence-corrected chi connectivity index (χ0v) is 12.9. The molecule has 19 heavy (non-hydrogen) atoms. The van der Waals surface area contributed by atoms with Crippen LogP contribution in [-0.4, -0.2) is 13.1 Å². The first-order valence-electron chi connectivity index (χ1n) is 7.99. The van der Waals surface area contributed by atoms with Crippen LogP contribution in [0.4, 0.5) is 0 Å². The van der Waals surface area contributed by atoms with Gasteiger partial charge in [0.15, 0.2) is 0 Å². The molecule has 1 aliphatic carbocycles. The zero-order valence-electron chi connectivity index (χ0n) is 12.9. The molecular formula is C17H30O2. The second-order valence-electron chi connectivity index (χ2n) is 5.75. The molecule has 0 heterocycles. The molecule has 0 N–H and O–H groups in total. The van der Waals surface area contributed by atoms with Crippen LogP contribution in [0.2, 0.25) is 0 Å². The minimum atomic E-state index is -0.00546. The highest BCUT2D eigenvalue weighted by molar-refractivity contribution is 5.72. The summed E-state index contributed by atoms with van der Waals surface area (Å²) in [6, 6.07) is 0. The van der Waals surface area contributed by atoms with Crippen LogP contribution in [0.25, 0.3) is 0 Å². The lowest BCUT2D eigenvalue weighted by Gasteiger charge is -2.30. The van der Waals surface area contributed by atoms with Gasteiger partial charge in [0.05, 0.1) is 13.0 Å². The Labute approximate surface area is 118 Å². The Morgan fingerprint density at radius 3 is 2.68 bits per heavy atom. The highest BCUT2D eigenvalue weighted by Crippen LogP contribution is 2.37. The summed E-state index contributed by atoms with van der Waals surface area (Å²) in [5.74, 6) is 0.749. The molecule has 0 radical (unpaired) electrons. The third kappa shape index (κ3) is 5.38. The summed E-state index contributed by atoms with van der Waals surface area (Å²) in [6.45, 7) is 4.47. The van der Waals surface area contributed by atoms with Crippen molar-refractivity contribution in [3.05, 3.63) is 11.6 Å². The Bertz CT molecular complexity index is 294. The minimum absolute atomic E-state index is 0.00546. The Kier molecular flexibility index (Phi) is 7.85. The van der Waals surface area contributed by atoms with Crippen LogP contribution in [0.1, 0.15) is 71.6 Å². The maximum atomic E-state index is 11.7. The molecule has 1 fully saturated rings. The van der Waals surface area contributed by atoms with Crippen LogP contribution in [0.3, 0.4) is 0 Å².